The average Bonchev–Trinajstić information content (AvgIpc) is 3.07. The van der Waals surface area contributed by atoms with Crippen LogP contribution in [0.4, 0.5) is 17.1 Å². The van der Waals surface area contributed by atoms with Gasteiger partial charge in [-0.1, -0.05) is 0 Å². The van der Waals surface area contributed by atoms with E-state index in [0.29, 0.717) is 19.5 Å². The van der Waals surface area contributed by atoms with Gasteiger partial charge in [0, 0.05) is 24.0 Å². The number of methoxy groups -OCH3 is 1. The highest BCUT2D eigenvalue weighted by atomic mass is 32.1. The third-order valence-corrected chi connectivity index (χ3v) is 5.03. The van der Waals surface area contributed by atoms with Crippen LogP contribution in [0.2, 0.25) is 0 Å². The van der Waals surface area contributed by atoms with Gasteiger partial charge in [0.1, 0.15) is 5.69 Å². The molecule has 2 heterocycles. The van der Waals surface area contributed by atoms with Gasteiger partial charge in [-0.2, -0.15) is 0 Å². The van der Waals surface area contributed by atoms with Crippen LogP contribution in [0.1, 0.15) is 20.8 Å². The molecular weight excluding hydrogens is 350 g/mol. The summed E-state index contributed by atoms with van der Waals surface area (Å²) in [5.41, 5.74) is -0.0987. The average molecular weight is 363 g/mol. The van der Waals surface area contributed by atoms with Crippen LogP contribution >= 0.6 is 11.3 Å². The molecule has 3 rings (SSSR count). The van der Waals surface area contributed by atoms with Crippen LogP contribution in [0.3, 0.4) is 0 Å². The normalized spacial score (nSPS) is 13.2. The lowest BCUT2D eigenvalue weighted by atomic mass is 10.0. The number of hydrogen-bond donors (Lipinski definition) is 0. The molecule has 25 heavy (non-hydrogen) atoms. The minimum Gasteiger partial charge on any atom is -0.465 e. The van der Waals surface area contributed by atoms with E-state index in [0.717, 1.165) is 24.8 Å². The molecule has 0 amide bonds. The number of nitro groups is 2. The molecule has 0 saturated heterocycles. The predicted octanol–water partition coefficient (Wildman–Crippen LogP) is 2.91. The van der Waals surface area contributed by atoms with Crippen molar-refractivity contribution in [1.29, 1.82) is 0 Å². The lowest BCUT2D eigenvalue weighted by molar-refractivity contribution is -0.393. The van der Waals surface area contributed by atoms with Gasteiger partial charge in [0.05, 0.1) is 28.6 Å². The molecule has 0 radical (unpaired) electrons. The third-order valence-electron chi connectivity index (χ3n) is 4.01. The topological polar surface area (TPSA) is 116 Å². The van der Waals surface area contributed by atoms with E-state index in [1.165, 1.54) is 4.88 Å². The first-order valence-electron chi connectivity index (χ1n) is 7.27. The monoisotopic (exact) mass is 363 g/mol. The van der Waals surface area contributed by atoms with E-state index in [4.69, 9.17) is 0 Å². The maximum atomic E-state index is 12.1. The van der Waals surface area contributed by atoms with Gasteiger partial charge in [-0.15, -0.1) is 11.3 Å². The van der Waals surface area contributed by atoms with Gasteiger partial charge in [-0.3, -0.25) is 20.2 Å². The van der Waals surface area contributed by atoms with Gasteiger partial charge >= 0.3 is 5.97 Å². The number of hydrogen-bond acceptors (Lipinski definition) is 8. The largest absolute Gasteiger partial charge is 0.465 e. The number of ether oxygens (including phenoxy) is 1. The fourth-order valence-electron chi connectivity index (χ4n) is 2.89. The molecular formula is C15H13N3O6S. The Balaban J connectivity index is 2.18. The second-order valence-corrected chi connectivity index (χ2v) is 6.41. The van der Waals surface area contributed by atoms with Crippen molar-refractivity contribution in [2.24, 2.45) is 0 Å². The van der Waals surface area contributed by atoms with Crippen LogP contribution < -0.4 is 4.90 Å². The summed E-state index contributed by atoms with van der Waals surface area (Å²) in [6.45, 7) is 0.859. The number of non-ortho nitro benzene ring substituents is 1. The Hall–Kier alpha value is -3.01. The number of anilines is 1. The molecule has 10 heteroatoms. The molecule has 0 spiro atoms. The van der Waals surface area contributed by atoms with Crippen LogP contribution in [-0.4, -0.2) is 29.5 Å². The number of nitro benzene ring substituents is 2. The molecule has 1 aliphatic heterocycles. The summed E-state index contributed by atoms with van der Waals surface area (Å²) < 4.78 is 4.68. The molecule has 130 valence electrons. The minimum absolute atomic E-state index is 0.0549. The van der Waals surface area contributed by atoms with Crippen LogP contribution in [-0.2, 0) is 17.7 Å². The molecule has 1 aromatic heterocycles. The highest BCUT2D eigenvalue weighted by Crippen LogP contribution is 2.39. The molecule has 2 aromatic rings. The van der Waals surface area contributed by atoms with E-state index in [2.05, 4.69) is 4.74 Å². The lowest BCUT2D eigenvalue weighted by Crippen LogP contribution is -2.31. The molecule has 0 unspecified atom stereocenters. The van der Waals surface area contributed by atoms with Crippen molar-refractivity contribution >= 4 is 34.4 Å². The SMILES string of the molecule is COC(=O)c1cc([N+](=O)[O-])cc([N+](=O)[O-])c1N1CCc2sccc2C1. The van der Waals surface area contributed by atoms with Crippen molar-refractivity contribution in [2.45, 2.75) is 13.0 Å². The summed E-state index contributed by atoms with van der Waals surface area (Å²) in [4.78, 5) is 36.1. The Labute approximate surface area is 145 Å². The fraction of sp³-hybridized carbons (Fsp3) is 0.267. The number of rotatable bonds is 4. The molecule has 1 aromatic carbocycles. The Kier molecular flexibility index (Phi) is 4.36. The van der Waals surface area contributed by atoms with Crippen LogP contribution in [0.5, 0.6) is 0 Å². The lowest BCUT2D eigenvalue weighted by Gasteiger charge is -2.29. The van der Waals surface area contributed by atoms with Gasteiger partial charge in [-0.25, -0.2) is 4.79 Å². The number of nitrogens with zero attached hydrogens (tertiary/aromatic N) is 3. The molecule has 0 fully saturated rings. The first-order chi connectivity index (χ1) is 11.9. The number of carbonyl (C=O) groups excluding carboxylic acids is 1. The first-order valence-corrected chi connectivity index (χ1v) is 8.15. The summed E-state index contributed by atoms with van der Waals surface area (Å²) in [5.74, 6) is -0.849. The van der Waals surface area contributed by atoms with E-state index in [1.54, 1.807) is 16.2 Å². The van der Waals surface area contributed by atoms with E-state index >= 15 is 0 Å². The number of benzene rings is 1. The third kappa shape index (κ3) is 3.03. The van der Waals surface area contributed by atoms with Gasteiger partial charge in [0.25, 0.3) is 11.4 Å². The van der Waals surface area contributed by atoms with E-state index in [-0.39, 0.29) is 11.3 Å². The Bertz CT molecular complexity index is 878. The van der Waals surface area contributed by atoms with Crippen molar-refractivity contribution in [1.82, 2.24) is 0 Å². The van der Waals surface area contributed by atoms with Gasteiger partial charge in [0.15, 0.2) is 0 Å². The summed E-state index contributed by atoms with van der Waals surface area (Å²) in [6.07, 6.45) is 0.682. The maximum absolute atomic E-state index is 12.1. The molecule has 0 saturated carbocycles. The molecule has 0 N–H and O–H groups in total. The Morgan fingerprint density at radius 2 is 2.04 bits per heavy atom. The first kappa shape index (κ1) is 16.8. The van der Waals surface area contributed by atoms with Crippen molar-refractivity contribution < 1.29 is 19.4 Å². The smallest absolute Gasteiger partial charge is 0.340 e. The summed E-state index contributed by atoms with van der Waals surface area (Å²) in [7, 11) is 1.13. The summed E-state index contributed by atoms with van der Waals surface area (Å²) in [6, 6.07) is 3.84. The predicted molar refractivity (Wildman–Crippen MR) is 90.2 cm³/mol. The second kappa shape index (κ2) is 6.48. The number of carbonyl (C=O) groups is 1. The number of fused-ring (bicyclic) bond motifs is 1. The molecule has 9 nitrogen and oxygen atoms in total. The quantitative estimate of drug-likeness (QED) is 0.466. The number of esters is 1. The van der Waals surface area contributed by atoms with Crippen LogP contribution in [0.15, 0.2) is 23.6 Å². The molecule has 0 bridgehead atoms. The van der Waals surface area contributed by atoms with Gasteiger partial charge in [-0.05, 0) is 23.4 Å². The Morgan fingerprint density at radius 3 is 2.68 bits per heavy atom. The van der Waals surface area contributed by atoms with Crippen molar-refractivity contribution in [3.05, 3.63) is 59.8 Å². The van der Waals surface area contributed by atoms with E-state index in [9.17, 15) is 25.0 Å². The minimum atomic E-state index is -0.849. The van der Waals surface area contributed by atoms with E-state index < -0.39 is 27.2 Å². The van der Waals surface area contributed by atoms with Crippen molar-refractivity contribution in [3.63, 3.8) is 0 Å². The van der Waals surface area contributed by atoms with Crippen LogP contribution in [0, 0.1) is 20.2 Å². The van der Waals surface area contributed by atoms with Crippen molar-refractivity contribution in [2.75, 3.05) is 18.6 Å². The number of thiophene rings is 1. The van der Waals surface area contributed by atoms with Gasteiger partial charge < -0.3 is 9.64 Å². The zero-order valence-corrected chi connectivity index (χ0v) is 13.9. The van der Waals surface area contributed by atoms with Gasteiger partial charge in [0.2, 0.25) is 0 Å². The second-order valence-electron chi connectivity index (χ2n) is 5.41. The molecule has 0 aliphatic carbocycles. The van der Waals surface area contributed by atoms with Crippen LogP contribution in [0.25, 0.3) is 0 Å². The Morgan fingerprint density at radius 1 is 1.28 bits per heavy atom. The maximum Gasteiger partial charge on any atom is 0.340 e. The fourth-order valence-corrected chi connectivity index (χ4v) is 3.78. The zero-order valence-electron chi connectivity index (χ0n) is 13.1. The standard InChI is InChI=1S/C15H13N3O6S/c1-24-15(19)11-6-10(17(20)21)7-12(18(22)23)14(11)16-4-2-13-9(8-16)3-5-25-13/h3,5-7H,2,4,8H2,1H3. The molecule has 0 atom stereocenters. The highest BCUT2D eigenvalue weighted by molar-refractivity contribution is 7.10. The summed E-state index contributed by atoms with van der Waals surface area (Å²) >= 11 is 1.61. The zero-order chi connectivity index (χ0) is 18.1. The highest BCUT2D eigenvalue weighted by Gasteiger charge is 2.33. The molecule has 1 aliphatic rings. The summed E-state index contributed by atoms with van der Waals surface area (Å²) in [5, 5.41) is 24.5. The van der Waals surface area contributed by atoms with Crippen molar-refractivity contribution in [3.8, 4) is 0 Å². The van der Waals surface area contributed by atoms with E-state index in [1.807, 2.05) is 11.4 Å².